The number of para-hydroxylation sites is 6. The third kappa shape index (κ3) is 7.43. The molecule has 12 aromatic rings. The maximum absolute atomic E-state index is 11.8. The van der Waals surface area contributed by atoms with Crippen molar-refractivity contribution in [3.05, 3.63) is 249 Å². The Labute approximate surface area is 381 Å². The van der Waals surface area contributed by atoms with Crippen LogP contribution < -0.4 is 0 Å². The topological polar surface area (TPSA) is 96.1 Å². The van der Waals surface area contributed by atoms with Crippen LogP contribution >= 0.6 is 15.9 Å². The van der Waals surface area contributed by atoms with Gasteiger partial charge in [-0.3, -0.25) is 20.2 Å². The summed E-state index contributed by atoms with van der Waals surface area (Å²) in [6, 6.07) is 73.9. The Morgan fingerprint density at radius 3 is 1.26 bits per heavy atom. The van der Waals surface area contributed by atoms with E-state index in [0.717, 1.165) is 48.3 Å². The first-order valence-electron chi connectivity index (χ1n) is 21.0. The number of nitro groups is 2. The average molecular weight is 910 g/mol. The lowest BCUT2D eigenvalue weighted by atomic mass is 9.94. The predicted molar refractivity (Wildman–Crippen MR) is 269 cm³/mol. The molecule has 0 amide bonds. The fourth-order valence-corrected chi connectivity index (χ4v) is 9.50. The molecule has 0 saturated carbocycles. The predicted octanol–water partition coefficient (Wildman–Crippen LogP) is 15.8. The van der Waals surface area contributed by atoms with Crippen molar-refractivity contribution in [2.75, 3.05) is 0 Å². The molecule has 12 rings (SSSR count). The number of nitrogens with zero attached hydrogens (tertiary/aromatic N) is 4. The summed E-state index contributed by atoms with van der Waals surface area (Å²) in [4.78, 5) is 21.1. The van der Waals surface area contributed by atoms with E-state index in [0.29, 0.717) is 5.56 Å². The second kappa shape index (κ2) is 17.4. The van der Waals surface area contributed by atoms with Crippen molar-refractivity contribution in [3.63, 3.8) is 0 Å². The van der Waals surface area contributed by atoms with E-state index in [9.17, 15) is 20.2 Å². The van der Waals surface area contributed by atoms with Crippen molar-refractivity contribution in [2.45, 2.75) is 0 Å². The molecule has 0 radical (unpaired) electrons. The Morgan fingerprint density at radius 1 is 0.354 bits per heavy atom. The summed E-state index contributed by atoms with van der Waals surface area (Å²) < 4.78 is 5.80. The van der Waals surface area contributed by atoms with Gasteiger partial charge in [0, 0.05) is 66.4 Å². The first kappa shape index (κ1) is 40.7. The average Bonchev–Trinajstić information content (AvgIpc) is 3.88. The molecule has 0 N–H and O–H groups in total. The van der Waals surface area contributed by atoms with Gasteiger partial charge in [0.05, 0.1) is 37.5 Å². The zero-order valence-corrected chi connectivity index (χ0v) is 36.2. The minimum absolute atomic E-state index is 0.115. The first-order valence-corrected chi connectivity index (χ1v) is 21.8. The van der Waals surface area contributed by atoms with Crippen molar-refractivity contribution in [1.82, 2.24) is 9.13 Å². The van der Waals surface area contributed by atoms with Crippen molar-refractivity contribution in [3.8, 4) is 22.5 Å². The van der Waals surface area contributed by atoms with Crippen LogP contribution in [0.4, 0.5) is 11.4 Å². The number of hydrogen-bond acceptors (Lipinski definition) is 4. The third-order valence-corrected chi connectivity index (χ3v) is 12.3. The molecular formula is C56H37BrN4O4. The molecule has 0 spiro atoms. The first-order chi connectivity index (χ1) is 31.9. The minimum Gasteiger partial charge on any atom is -0.309 e. The van der Waals surface area contributed by atoms with E-state index in [1.807, 2.05) is 60.7 Å². The van der Waals surface area contributed by atoms with Gasteiger partial charge >= 0.3 is 0 Å². The summed E-state index contributed by atoms with van der Waals surface area (Å²) in [6.45, 7) is 0. The van der Waals surface area contributed by atoms with Crippen LogP contribution in [0, 0.1) is 20.2 Å². The third-order valence-electron chi connectivity index (χ3n) is 11.7. The Balaban J connectivity index is 0.000000132. The number of halogens is 1. The molecule has 0 aliphatic rings. The Kier molecular flexibility index (Phi) is 10.9. The van der Waals surface area contributed by atoms with Gasteiger partial charge in [-0.05, 0) is 70.9 Å². The zero-order valence-electron chi connectivity index (χ0n) is 34.7. The van der Waals surface area contributed by atoms with E-state index in [-0.39, 0.29) is 16.3 Å². The lowest BCUT2D eigenvalue weighted by molar-refractivity contribution is -0.384. The normalized spacial score (nSPS) is 11.1. The number of aromatic nitrogens is 2. The van der Waals surface area contributed by atoms with Gasteiger partial charge in [0.15, 0.2) is 0 Å². The number of fused-ring (bicyclic) bond motifs is 10. The van der Waals surface area contributed by atoms with E-state index >= 15 is 0 Å². The highest BCUT2D eigenvalue weighted by molar-refractivity contribution is 9.10. The highest BCUT2D eigenvalue weighted by Gasteiger charge is 2.22. The molecule has 312 valence electrons. The second-order valence-electron chi connectivity index (χ2n) is 15.4. The lowest BCUT2D eigenvalue weighted by Gasteiger charge is -2.13. The van der Waals surface area contributed by atoms with E-state index < -0.39 is 4.92 Å². The van der Waals surface area contributed by atoms with Crippen LogP contribution in [0.1, 0.15) is 0 Å². The molecule has 0 aliphatic heterocycles. The molecule has 2 heterocycles. The quantitative estimate of drug-likeness (QED) is 0.127. The van der Waals surface area contributed by atoms with Gasteiger partial charge in [0.2, 0.25) is 0 Å². The second-order valence-corrected chi connectivity index (χ2v) is 16.3. The van der Waals surface area contributed by atoms with Crippen LogP contribution in [0.3, 0.4) is 0 Å². The van der Waals surface area contributed by atoms with Crippen molar-refractivity contribution >= 4 is 92.5 Å². The maximum atomic E-state index is 11.8. The maximum Gasteiger partial charge on any atom is 0.277 e. The van der Waals surface area contributed by atoms with Gasteiger partial charge in [0.25, 0.3) is 11.4 Å². The standard InChI is InChI=1S/C28H18N2O2.C22H14BrN.C6H5NO2/c31-30(32)27-17-9-7-13-21(27)24-18-25-22-14-6-8-16-26(22)29(19-10-2-1-3-11-19)28(25)23-15-5-4-12-20(23)24;23-20-14-19-17-11-6-7-13-21(17)24(15-8-2-1-3-9-15)22(19)18-12-5-4-10-16(18)20;8-7(9)6-4-2-1-3-5-6/h1-18H;1-14H;1-5H. The highest BCUT2D eigenvalue weighted by atomic mass is 79.9. The van der Waals surface area contributed by atoms with Crippen LogP contribution in [0.5, 0.6) is 0 Å². The van der Waals surface area contributed by atoms with E-state index in [1.54, 1.807) is 30.3 Å². The molecule has 0 saturated heterocycles. The fraction of sp³-hybridized carbons (Fsp3) is 0. The van der Waals surface area contributed by atoms with Crippen LogP contribution in [-0.4, -0.2) is 19.0 Å². The number of nitro benzene ring substituents is 2. The number of non-ortho nitro benzene ring substituents is 1. The van der Waals surface area contributed by atoms with E-state index in [4.69, 9.17) is 0 Å². The highest BCUT2D eigenvalue weighted by Crippen LogP contribution is 2.43. The molecule has 0 aliphatic carbocycles. The van der Waals surface area contributed by atoms with Crippen LogP contribution in [-0.2, 0) is 0 Å². The summed E-state index contributed by atoms with van der Waals surface area (Å²) in [5, 5.41) is 31.1. The van der Waals surface area contributed by atoms with Crippen LogP contribution in [0.25, 0.3) is 87.7 Å². The summed E-state index contributed by atoms with van der Waals surface area (Å²) in [5.41, 5.74) is 8.75. The monoisotopic (exact) mass is 908 g/mol. The molecule has 0 fully saturated rings. The van der Waals surface area contributed by atoms with Crippen molar-refractivity contribution in [1.29, 1.82) is 0 Å². The van der Waals surface area contributed by atoms with E-state index in [1.165, 1.54) is 50.4 Å². The molecule has 0 atom stereocenters. The molecule has 65 heavy (non-hydrogen) atoms. The Hall–Kier alpha value is -8.40. The molecule has 10 aromatic carbocycles. The number of hydrogen-bond donors (Lipinski definition) is 0. The molecule has 8 nitrogen and oxygen atoms in total. The molecule has 2 aromatic heterocycles. The van der Waals surface area contributed by atoms with Gasteiger partial charge < -0.3 is 9.13 Å². The fourth-order valence-electron chi connectivity index (χ4n) is 8.93. The van der Waals surface area contributed by atoms with Crippen molar-refractivity contribution < 1.29 is 9.85 Å². The zero-order chi connectivity index (χ0) is 44.4. The van der Waals surface area contributed by atoms with Gasteiger partial charge in [-0.15, -0.1) is 0 Å². The van der Waals surface area contributed by atoms with Gasteiger partial charge in [-0.2, -0.15) is 0 Å². The van der Waals surface area contributed by atoms with Crippen LogP contribution in [0.2, 0.25) is 0 Å². The largest absolute Gasteiger partial charge is 0.309 e. The Morgan fingerprint density at radius 2 is 0.754 bits per heavy atom. The molecule has 9 heteroatoms. The molecule has 0 bridgehead atoms. The number of rotatable bonds is 5. The molecular weight excluding hydrogens is 873 g/mol. The number of benzene rings is 10. The van der Waals surface area contributed by atoms with Gasteiger partial charge in [-0.25, -0.2) is 0 Å². The van der Waals surface area contributed by atoms with Crippen molar-refractivity contribution in [2.24, 2.45) is 0 Å². The Bertz CT molecular complexity index is 3740. The molecule has 0 unspecified atom stereocenters. The van der Waals surface area contributed by atoms with E-state index in [2.05, 4.69) is 146 Å². The summed E-state index contributed by atoms with van der Waals surface area (Å²) in [5.74, 6) is 0. The van der Waals surface area contributed by atoms with Gasteiger partial charge in [-0.1, -0.05) is 168 Å². The summed E-state index contributed by atoms with van der Waals surface area (Å²) >= 11 is 3.76. The SMILES string of the molecule is Brc1cc2c3ccccc3n(-c3ccccc3)c2c2ccccc12.O=[N+]([O-])c1ccccc1.O=[N+]([O-])c1ccccc1-c1cc2c3ccccc3n(-c3ccccc3)c2c2ccccc12. The summed E-state index contributed by atoms with van der Waals surface area (Å²) in [7, 11) is 0. The summed E-state index contributed by atoms with van der Waals surface area (Å²) in [6.07, 6.45) is 0. The smallest absolute Gasteiger partial charge is 0.277 e. The van der Waals surface area contributed by atoms with Gasteiger partial charge in [0.1, 0.15) is 0 Å². The lowest BCUT2D eigenvalue weighted by Crippen LogP contribution is -1.95. The minimum atomic E-state index is -0.417. The van der Waals surface area contributed by atoms with Crippen LogP contribution in [0.15, 0.2) is 229 Å².